The summed E-state index contributed by atoms with van der Waals surface area (Å²) in [5.41, 5.74) is 1.33. The van der Waals surface area contributed by atoms with Gasteiger partial charge in [0.25, 0.3) is 5.91 Å². The van der Waals surface area contributed by atoms with E-state index in [1.54, 1.807) is 11.3 Å². The first-order valence-corrected chi connectivity index (χ1v) is 8.89. The van der Waals surface area contributed by atoms with Crippen molar-refractivity contribution in [2.45, 2.75) is 31.3 Å². The molecule has 1 amide bonds. The van der Waals surface area contributed by atoms with E-state index in [4.69, 9.17) is 4.74 Å². The summed E-state index contributed by atoms with van der Waals surface area (Å²) in [7, 11) is 0. The fraction of sp³-hybridized carbons (Fsp3) is 0.643. The second-order valence-corrected chi connectivity index (χ2v) is 7.56. The molecule has 1 saturated heterocycles. The van der Waals surface area contributed by atoms with Crippen molar-refractivity contribution in [2.24, 2.45) is 0 Å². The fourth-order valence-corrected chi connectivity index (χ4v) is 5.06. The summed E-state index contributed by atoms with van der Waals surface area (Å²) in [6, 6.07) is 2.06. The van der Waals surface area contributed by atoms with E-state index in [-0.39, 0.29) is 24.7 Å². The maximum Gasteiger partial charge on any atom is 0.264 e. The number of amides is 1. The van der Waals surface area contributed by atoms with Gasteiger partial charge >= 0.3 is 0 Å². The highest BCUT2D eigenvalue weighted by Gasteiger charge is 2.30. The van der Waals surface area contributed by atoms with Gasteiger partial charge in [0.15, 0.2) is 0 Å². The molecule has 0 spiro atoms. The summed E-state index contributed by atoms with van der Waals surface area (Å²) in [4.78, 5) is 16.6. The predicted octanol–water partition coefficient (Wildman–Crippen LogP) is 1.76. The van der Waals surface area contributed by atoms with Gasteiger partial charge in [0.05, 0.1) is 23.7 Å². The molecule has 6 heteroatoms. The van der Waals surface area contributed by atoms with E-state index in [1.165, 1.54) is 10.4 Å². The lowest BCUT2D eigenvalue weighted by Gasteiger charge is -2.35. The van der Waals surface area contributed by atoms with Gasteiger partial charge in [0.2, 0.25) is 0 Å². The van der Waals surface area contributed by atoms with Crippen LogP contribution in [0.1, 0.15) is 27.0 Å². The molecule has 0 aliphatic carbocycles. The summed E-state index contributed by atoms with van der Waals surface area (Å²) in [6.07, 6.45) is 0.805. The summed E-state index contributed by atoms with van der Waals surface area (Å²) >= 11 is 3.57. The Kier molecular flexibility index (Phi) is 4.35. The quantitative estimate of drug-likeness (QED) is 0.904. The van der Waals surface area contributed by atoms with Crippen molar-refractivity contribution in [3.8, 4) is 0 Å². The summed E-state index contributed by atoms with van der Waals surface area (Å²) < 4.78 is 5.59. The van der Waals surface area contributed by atoms with Crippen molar-refractivity contribution >= 4 is 29.0 Å². The second-order valence-electron chi connectivity index (χ2n) is 5.32. The van der Waals surface area contributed by atoms with E-state index in [1.807, 2.05) is 23.6 Å². The number of carbonyl (C=O) groups is 1. The van der Waals surface area contributed by atoms with Crippen molar-refractivity contribution in [3.63, 3.8) is 0 Å². The minimum atomic E-state index is -0.257. The van der Waals surface area contributed by atoms with Crippen LogP contribution in [0.15, 0.2) is 6.07 Å². The van der Waals surface area contributed by atoms with E-state index in [0.29, 0.717) is 13.1 Å². The average Bonchev–Trinajstić information content (AvgIpc) is 2.89. The van der Waals surface area contributed by atoms with E-state index < -0.39 is 0 Å². The lowest BCUT2D eigenvalue weighted by Crippen LogP contribution is -2.50. The molecule has 110 valence electrons. The minimum Gasteiger partial charge on any atom is -0.394 e. The topological polar surface area (TPSA) is 49.8 Å². The lowest BCUT2D eigenvalue weighted by molar-refractivity contribution is -0.0857. The van der Waals surface area contributed by atoms with Gasteiger partial charge in [-0.2, -0.15) is 11.8 Å². The molecule has 0 saturated carbocycles. The molecule has 1 N–H and O–H groups in total. The summed E-state index contributed by atoms with van der Waals surface area (Å²) in [5.74, 6) is 2.27. The predicted molar refractivity (Wildman–Crippen MR) is 81.5 cm³/mol. The zero-order valence-corrected chi connectivity index (χ0v) is 13.1. The molecule has 2 unspecified atom stereocenters. The van der Waals surface area contributed by atoms with Gasteiger partial charge in [-0.25, -0.2) is 0 Å². The molecule has 1 aromatic heterocycles. The van der Waals surface area contributed by atoms with E-state index >= 15 is 0 Å². The number of hydrogen-bond donors (Lipinski definition) is 1. The van der Waals surface area contributed by atoms with Crippen LogP contribution in [-0.2, 0) is 16.9 Å². The molecule has 2 atom stereocenters. The van der Waals surface area contributed by atoms with Gasteiger partial charge < -0.3 is 14.7 Å². The van der Waals surface area contributed by atoms with Crippen LogP contribution in [0, 0.1) is 0 Å². The number of morpholine rings is 1. The maximum atomic E-state index is 12.6. The molecular formula is C14H19NO3S2. The average molecular weight is 313 g/mol. The Balaban J connectivity index is 1.76. The Morgan fingerprint density at radius 2 is 2.40 bits per heavy atom. The van der Waals surface area contributed by atoms with Crippen molar-refractivity contribution in [1.82, 2.24) is 4.90 Å². The van der Waals surface area contributed by atoms with Crippen LogP contribution in [0.3, 0.4) is 0 Å². The standard InChI is InChI=1S/C14H19NO3S2/c1-9-5-15(6-11(7-16)18-9)14(17)13-4-10-8-19-3-2-12(10)20-13/h4,9,11,16H,2-3,5-8H2,1H3. The number of thiophene rings is 1. The molecule has 0 bridgehead atoms. The van der Waals surface area contributed by atoms with Crippen molar-refractivity contribution in [2.75, 3.05) is 25.4 Å². The van der Waals surface area contributed by atoms with Gasteiger partial charge in [0, 0.05) is 23.7 Å². The number of rotatable bonds is 2. The number of nitrogens with zero attached hydrogens (tertiary/aromatic N) is 1. The molecule has 2 aliphatic rings. The third-order valence-corrected chi connectivity index (χ3v) is 5.89. The van der Waals surface area contributed by atoms with E-state index in [9.17, 15) is 9.90 Å². The Morgan fingerprint density at radius 1 is 1.55 bits per heavy atom. The van der Waals surface area contributed by atoms with E-state index in [0.717, 1.165) is 22.8 Å². The van der Waals surface area contributed by atoms with Crippen LogP contribution in [-0.4, -0.2) is 53.6 Å². The van der Waals surface area contributed by atoms with Crippen LogP contribution < -0.4 is 0 Å². The number of ether oxygens (including phenoxy) is 1. The molecule has 3 rings (SSSR count). The summed E-state index contributed by atoms with van der Waals surface area (Å²) in [5, 5.41) is 9.25. The van der Waals surface area contributed by atoms with Gasteiger partial charge in [-0.15, -0.1) is 11.3 Å². The van der Waals surface area contributed by atoms with Gasteiger partial charge in [-0.3, -0.25) is 4.79 Å². The first kappa shape index (κ1) is 14.4. The highest BCUT2D eigenvalue weighted by molar-refractivity contribution is 7.98. The van der Waals surface area contributed by atoms with E-state index in [2.05, 4.69) is 6.07 Å². The largest absolute Gasteiger partial charge is 0.394 e. The molecule has 20 heavy (non-hydrogen) atoms. The van der Waals surface area contributed by atoms with Gasteiger partial charge in [0.1, 0.15) is 0 Å². The van der Waals surface area contributed by atoms with Crippen molar-refractivity contribution in [3.05, 3.63) is 21.4 Å². The number of fused-ring (bicyclic) bond motifs is 1. The summed E-state index contributed by atoms with van der Waals surface area (Å²) in [6.45, 7) is 2.99. The van der Waals surface area contributed by atoms with Crippen molar-refractivity contribution < 1.29 is 14.6 Å². The Bertz CT molecular complexity index is 479. The Hall–Kier alpha value is -0.560. The first-order valence-electron chi connectivity index (χ1n) is 6.92. The molecule has 0 radical (unpaired) electrons. The SMILES string of the molecule is CC1CN(C(=O)c2cc3c(s2)CCSC3)CC(CO)O1. The fourth-order valence-electron chi connectivity index (χ4n) is 2.72. The second kappa shape index (κ2) is 6.05. The van der Waals surface area contributed by atoms with Gasteiger partial charge in [-0.05, 0) is 30.7 Å². The number of aliphatic hydroxyl groups excluding tert-OH is 1. The number of hydrogen-bond acceptors (Lipinski definition) is 5. The first-order chi connectivity index (χ1) is 9.67. The zero-order valence-electron chi connectivity index (χ0n) is 11.5. The highest BCUT2D eigenvalue weighted by atomic mass is 32.2. The normalized spacial score (nSPS) is 26.4. The minimum absolute atomic E-state index is 0.0185. The molecule has 2 aliphatic heterocycles. The number of aryl methyl sites for hydroxylation is 1. The molecule has 3 heterocycles. The Morgan fingerprint density at radius 3 is 3.15 bits per heavy atom. The van der Waals surface area contributed by atoms with Gasteiger partial charge in [-0.1, -0.05) is 0 Å². The number of carbonyl (C=O) groups excluding carboxylic acids is 1. The van der Waals surface area contributed by atoms with Crippen LogP contribution in [0.2, 0.25) is 0 Å². The third kappa shape index (κ3) is 2.88. The Labute approximate surface area is 127 Å². The number of thioether (sulfide) groups is 1. The smallest absolute Gasteiger partial charge is 0.264 e. The molecule has 0 aromatic carbocycles. The van der Waals surface area contributed by atoms with Crippen LogP contribution >= 0.6 is 23.1 Å². The van der Waals surface area contributed by atoms with Crippen LogP contribution in [0.4, 0.5) is 0 Å². The maximum absolute atomic E-state index is 12.6. The monoisotopic (exact) mass is 313 g/mol. The van der Waals surface area contributed by atoms with Crippen LogP contribution in [0.5, 0.6) is 0 Å². The molecule has 1 fully saturated rings. The van der Waals surface area contributed by atoms with Crippen molar-refractivity contribution in [1.29, 1.82) is 0 Å². The third-order valence-electron chi connectivity index (χ3n) is 3.66. The highest BCUT2D eigenvalue weighted by Crippen LogP contribution is 2.32. The zero-order chi connectivity index (χ0) is 14.1. The molecular weight excluding hydrogens is 294 g/mol. The molecule has 1 aromatic rings. The lowest BCUT2D eigenvalue weighted by atomic mass is 10.2. The van der Waals surface area contributed by atoms with Crippen LogP contribution in [0.25, 0.3) is 0 Å². The molecule has 4 nitrogen and oxygen atoms in total. The number of aliphatic hydroxyl groups is 1.